The molecule has 0 saturated heterocycles. The van der Waals surface area contributed by atoms with E-state index in [1.165, 1.54) is 58.6 Å². The van der Waals surface area contributed by atoms with Crippen LogP contribution in [-0.4, -0.2) is 50.6 Å². The number of aliphatic carboxylic acids is 1. The number of amides is 2. The summed E-state index contributed by atoms with van der Waals surface area (Å²) in [5.41, 5.74) is 0.0384. The van der Waals surface area contributed by atoms with Crippen LogP contribution in [0.15, 0.2) is 71.4 Å². The number of carboxylic acids is 1. The van der Waals surface area contributed by atoms with Crippen LogP contribution >= 0.6 is 0 Å². The van der Waals surface area contributed by atoms with Gasteiger partial charge in [-0.25, -0.2) is 13.8 Å². The van der Waals surface area contributed by atoms with Gasteiger partial charge in [0.05, 0.1) is 18.3 Å². The number of carbonyl (C=O) groups excluding carboxylic acids is 2. The third-order valence-corrected chi connectivity index (χ3v) is 5.14. The second-order valence-electron chi connectivity index (χ2n) is 7.16. The number of aliphatic hydroxyl groups excluding tert-OH is 1. The number of hydrogen-bond acceptors (Lipinski definition) is 5. The lowest BCUT2D eigenvalue weighted by atomic mass is 9.97. The van der Waals surface area contributed by atoms with Crippen molar-refractivity contribution in [2.45, 2.75) is 12.6 Å². The molecular formula is C21H17F2N3O5. The third-order valence-electron chi connectivity index (χ3n) is 5.14. The van der Waals surface area contributed by atoms with Crippen LogP contribution < -0.4 is 5.32 Å². The van der Waals surface area contributed by atoms with Gasteiger partial charge in [-0.05, 0) is 35.9 Å². The van der Waals surface area contributed by atoms with Crippen molar-refractivity contribution in [1.29, 1.82) is 0 Å². The molecule has 2 aliphatic heterocycles. The Labute approximate surface area is 175 Å². The lowest BCUT2D eigenvalue weighted by molar-refractivity contribution is -0.149. The summed E-state index contributed by atoms with van der Waals surface area (Å²) >= 11 is 0. The summed E-state index contributed by atoms with van der Waals surface area (Å²) < 4.78 is 27.0. The number of nitrogens with zero attached hydrogens (tertiary/aromatic N) is 2. The van der Waals surface area contributed by atoms with Crippen molar-refractivity contribution in [3.8, 4) is 0 Å². The Hall–Kier alpha value is -3.95. The van der Waals surface area contributed by atoms with Crippen molar-refractivity contribution in [3.63, 3.8) is 0 Å². The Balaban J connectivity index is 1.75. The molecule has 160 valence electrons. The molecule has 0 fully saturated rings. The minimum atomic E-state index is -1.32. The van der Waals surface area contributed by atoms with Gasteiger partial charge in [0.2, 0.25) is 0 Å². The normalized spacial score (nSPS) is 22.1. The maximum atomic E-state index is 13.8. The fourth-order valence-electron chi connectivity index (χ4n) is 3.76. The van der Waals surface area contributed by atoms with Gasteiger partial charge in [-0.15, -0.1) is 0 Å². The van der Waals surface area contributed by atoms with Gasteiger partial charge < -0.3 is 15.5 Å². The molecule has 0 spiro atoms. The van der Waals surface area contributed by atoms with Crippen molar-refractivity contribution in [2.75, 3.05) is 6.54 Å². The first-order valence-corrected chi connectivity index (χ1v) is 9.32. The summed E-state index contributed by atoms with van der Waals surface area (Å²) in [6.07, 6.45) is 5.64. The van der Waals surface area contributed by atoms with Gasteiger partial charge in [-0.2, -0.15) is 0 Å². The van der Waals surface area contributed by atoms with Crippen molar-refractivity contribution in [2.24, 2.45) is 5.92 Å². The molecule has 4 rings (SSSR count). The molecule has 1 aromatic carbocycles. The molecule has 0 aromatic heterocycles. The molecule has 1 aromatic rings. The highest BCUT2D eigenvalue weighted by atomic mass is 19.1. The Kier molecular flexibility index (Phi) is 5.05. The van der Waals surface area contributed by atoms with E-state index in [4.69, 9.17) is 5.11 Å². The Bertz CT molecular complexity index is 1090. The van der Waals surface area contributed by atoms with Crippen LogP contribution in [0.5, 0.6) is 0 Å². The molecule has 2 heterocycles. The van der Waals surface area contributed by atoms with Gasteiger partial charge in [0.25, 0.3) is 11.8 Å². The van der Waals surface area contributed by atoms with Crippen LogP contribution in [0.4, 0.5) is 8.78 Å². The zero-order valence-corrected chi connectivity index (χ0v) is 16.0. The highest BCUT2D eigenvalue weighted by Crippen LogP contribution is 2.41. The zero-order valence-electron chi connectivity index (χ0n) is 16.0. The van der Waals surface area contributed by atoms with Crippen molar-refractivity contribution >= 4 is 17.8 Å². The minimum Gasteiger partial charge on any atom is -0.505 e. The van der Waals surface area contributed by atoms with Gasteiger partial charge >= 0.3 is 5.97 Å². The molecule has 10 heteroatoms. The SMILES string of the molecule is O=C(O)CNC(=O)C1=C(O)C2=CC3C=C(F)C=CC3N2N(Cc2ccc(F)cc2)C1=O. The van der Waals surface area contributed by atoms with E-state index in [-0.39, 0.29) is 12.2 Å². The molecule has 2 unspecified atom stereocenters. The largest absolute Gasteiger partial charge is 0.505 e. The average Bonchev–Trinajstić information content (AvgIpc) is 3.10. The van der Waals surface area contributed by atoms with Gasteiger partial charge in [0, 0.05) is 5.92 Å². The van der Waals surface area contributed by atoms with E-state index >= 15 is 0 Å². The summed E-state index contributed by atoms with van der Waals surface area (Å²) in [6, 6.07) is 4.86. The molecule has 31 heavy (non-hydrogen) atoms. The van der Waals surface area contributed by atoms with E-state index in [1.54, 1.807) is 0 Å². The number of benzene rings is 1. The van der Waals surface area contributed by atoms with Gasteiger partial charge in [-0.3, -0.25) is 19.4 Å². The van der Waals surface area contributed by atoms with E-state index in [0.717, 1.165) is 0 Å². The topological polar surface area (TPSA) is 110 Å². The van der Waals surface area contributed by atoms with Gasteiger partial charge in [0.1, 0.15) is 23.8 Å². The predicted octanol–water partition coefficient (Wildman–Crippen LogP) is 1.70. The number of aliphatic hydroxyl groups is 1. The molecule has 0 bridgehead atoms. The summed E-state index contributed by atoms with van der Waals surface area (Å²) in [5.74, 6) is -5.31. The van der Waals surface area contributed by atoms with Crippen LogP contribution in [0.1, 0.15) is 5.56 Å². The molecule has 2 atom stereocenters. The molecule has 0 radical (unpaired) electrons. The number of hydrogen-bond donors (Lipinski definition) is 3. The van der Waals surface area contributed by atoms with E-state index < -0.39 is 59.3 Å². The van der Waals surface area contributed by atoms with E-state index in [9.17, 15) is 28.3 Å². The molecule has 2 amide bonds. The summed E-state index contributed by atoms with van der Waals surface area (Å²) in [4.78, 5) is 36.5. The Morgan fingerprint density at radius 1 is 1.13 bits per heavy atom. The molecular weight excluding hydrogens is 412 g/mol. The summed E-state index contributed by atoms with van der Waals surface area (Å²) in [7, 11) is 0. The highest BCUT2D eigenvalue weighted by molar-refractivity contribution is 6.20. The number of fused-ring (bicyclic) bond motifs is 3. The molecule has 8 nitrogen and oxygen atoms in total. The smallest absolute Gasteiger partial charge is 0.322 e. The van der Waals surface area contributed by atoms with Crippen molar-refractivity contribution < 1.29 is 33.4 Å². The average molecular weight is 429 g/mol. The summed E-state index contributed by atoms with van der Waals surface area (Å²) in [6.45, 7) is -0.811. The van der Waals surface area contributed by atoms with E-state index in [1.807, 2.05) is 0 Å². The second-order valence-corrected chi connectivity index (χ2v) is 7.16. The fourth-order valence-corrected chi connectivity index (χ4v) is 3.76. The monoisotopic (exact) mass is 429 g/mol. The lowest BCUT2D eigenvalue weighted by Gasteiger charge is -2.43. The minimum absolute atomic E-state index is 0.0668. The van der Waals surface area contributed by atoms with Crippen LogP contribution in [0.2, 0.25) is 0 Å². The van der Waals surface area contributed by atoms with Gasteiger partial charge in [-0.1, -0.05) is 18.2 Å². The number of carbonyl (C=O) groups is 3. The zero-order chi connectivity index (χ0) is 22.3. The van der Waals surface area contributed by atoms with E-state index in [2.05, 4.69) is 5.32 Å². The Morgan fingerprint density at radius 3 is 2.52 bits per heavy atom. The van der Waals surface area contributed by atoms with Crippen LogP contribution in [0.25, 0.3) is 0 Å². The van der Waals surface area contributed by atoms with Gasteiger partial charge in [0.15, 0.2) is 5.76 Å². The maximum Gasteiger partial charge on any atom is 0.322 e. The van der Waals surface area contributed by atoms with Crippen LogP contribution in [0.3, 0.4) is 0 Å². The predicted molar refractivity (Wildman–Crippen MR) is 103 cm³/mol. The van der Waals surface area contributed by atoms with Crippen LogP contribution in [0, 0.1) is 11.7 Å². The number of carboxylic acid groups (broad SMARTS) is 1. The van der Waals surface area contributed by atoms with Crippen molar-refractivity contribution in [3.05, 3.63) is 82.8 Å². The first-order chi connectivity index (χ1) is 14.8. The standard InChI is InChI=1S/C21H17F2N3O5/c22-13-3-1-11(2-4-13)10-25-21(31)18(20(30)24-9-17(27)28)19(29)16-8-12-7-14(23)5-6-15(12)26(16)25/h1-8,12,15,29H,9-10H2,(H,24,30)(H,27,28). The molecule has 3 aliphatic rings. The number of rotatable bonds is 5. The first kappa shape index (κ1) is 20.3. The second kappa shape index (κ2) is 7.71. The number of nitrogens with one attached hydrogen (secondary N) is 1. The highest BCUT2D eigenvalue weighted by Gasteiger charge is 2.47. The third kappa shape index (κ3) is 3.67. The fraction of sp³-hybridized carbons (Fsp3) is 0.190. The number of hydrazine groups is 1. The first-order valence-electron chi connectivity index (χ1n) is 9.32. The lowest BCUT2D eigenvalue weighted by Crippen LogP contribution is -2.54. The molecule has 1 aliphatic carbocycles. The van der Waals surface area contributed by atoms with Crippen LogP contribution in [-0.2, 0) is 20.9 Å². The number of halogens is 2. The molecule has 3 N–H and O–H groups in total. The van der Waals surface area contributed by atoms with Crippen molar-refractivity contribution in [1.82, 2.24) is 15.3 Å². The maximum absolute atomic E-state index is 13.8. The summed E-state index contributed by atoms with van der Waals surface area (Å²) in [5, 5.41) is 24.2. The number of allylic oxidation sites excluding steroid dienone is 2. The molecule has 0 saturated carbocycles. The Morgan fingerprint density at radius 2 is 1.84 bits per heavy atom. The quantitative estimate of drug-likeness (QED) is 0.615. The van der Waals surface area contributed by atoms with E-state index in [0.29, 0.717) is 5.56 Å².